The Hall–Kier alpha value is -1.73. The number of carbonyl (C=O) groups excluding carboxylic acids is 1. The summed E-state index contributed by atoms with van der Waals surface area (Å²) in [6.07, 6.45) is -0.161. The van der Waals surface area contributed by atoms with Gasteiger partial charge in [0.25, 0.3) is 0 Å². The maximum absolute atomic E-state index is 11.9. The Balaban J connectivity index is 1.42. The lowest BCUT2D eigenvalue weighted by molar-refractivity contribution is -0.119. The Morgan fingerprint density at radius 2 is 2.27 bits per heavy atom. The van der Waals surface area contributed by atoms with Crippen molar-refractivity contribution < 1.29 is 14.3 Å². The van der Waals surface area contributed by atoms with Crippen molar-refractivity contribution in [1.29, 1.82) is 0 Å². The smallest absolute Gasteiger partial charge is 0.230 e. The fourth-order valence-electron chi connectivity index (χ4n) is 1.97. The van der Waals surface area contributed by atoms with Gasteiger partial charge < -0.3 is 14.8 Å². The zero-order valence-corrected chi connectivity index (χ0v) is 13.7. The van der Waals surface area contributed by atoms with E-state index >= 15 is 0 Å². The van der Waals surface area contributed by atoms with Crippen LogP contribution in [0.15, 0.2) is 34.0 Å². The van der Waals surface area contributed by atoms with Crippen LogP contribution in [0.25, 0.3) is 0 Å². The molecule has 2 heterocycles. The van der Waals surface area contributed by atoms with Gasteiger partial charge in [-0.15, -0.1) is 11.3 Å². The fourth-order valence-corrected chi connectivity index (χ4v) is 3.65. The molecular formula is C15H16N2O3S2. The van der Waals surface area contributed by atoms with Crippen LogP contribution in [0.3, 0.4) is 0 Å². The van der Waals surface area contributed by atoms with Crippen LogP contribution in [0.1, 0.15) is 5.69 Å². The van der Waals surface area contributed by atoms with E-state index in [0.29, 0.717) is 18.9 Å². The Morgan fingerprint density at radius 3 is 3.05 bits per heavy atom. The second-order valence-corrected chi connectivity index (χ2v) is 6.93. The molecule has 1 atom stereocenters. The lowest BCUT2D eigenvalue weighted by Gasteiger charge is -2.26. The molecule has 0 spiro atoms. The molecule has 116 valence electrons. The van der Waals surface area contributed by atoms with Crippen molar-refractivity contribution in [3.63, 3.8) is 0 Å². The number of aromatic nitrogens is 1. The molecule has 1 aromatic carbocycles. The van der Waals surface area contributed by atoms with Crippen LogP contribution in [0.5, 0.6) is 11.5 Å². The lowest BCUT2D eigenvalue weighted by Crippen LogP contribution is -2.41. The first-order chi connectivity index (χ1) is 10.7. The van der Waals surface area contributed by atoms with Crippen LogP contribution >= 0.6 is 23.1 Å². The number of amides is 1. The van der Waals surface area contributed by atoms with E-state index in [9.17, 15) is 4.79 Å². The van der Waals surface area contributed by atoms with Crippen molar-refractivity contribution in [2.24, 2.45) is 0 Å². The molecule has 2 aromatic rings. The molecule has 3 rings (SSSR count). The highest BCUT2D eigenvalue weighted by molar-refractivity contribution is 8.01. The Labute approximate surface area is 137 Å². The summed E-state index contributed by atoms with van der Waals surface area (Å²) in [5.41, 5.74) is 0.985. The molecule has 0 unspecified atom stereocenters. The van der Waals surface area contributed by atoms with Crippen molar-refractivity contribution >= 4 is 29.0 Å². The van der Waals surface area contributed by atoms with Crippen LogP contribution in [-0.2, 0) is 4.79 Å². The molecule has 1 aliphatic heterocycles. The number of ether oxygens (including phenoxy) is 2. The van der Waals surface area contributed by atoms with Gasteiger partial charge in [-0.2, -0.15) is 0 Å². The highest BCUT2D eigenvalue weighted by atomic mass is 32.2. The van der Waals surface area contributed by atoms with E-state index in [1.807, 2.05) is 36.6 Å². The number of carbonyl (C=O) groups is 1. The number of hydrogen-bond donors (Lipinski definition) is 1. The van der Waals surface area contributed by atoms with Crippen molar-refractivity contribution in [2.45, 2.75) is 17.4 Å². The molecule has 0 saturated carbocycles. The maximum Gasteiger partial charge on any atom is 0.230 e. The molecule has 1 N–H and O–H groups in total. The summed E-state index contributed by atoms with van der Waals surface area (Å²) < 4.78 is 12.3. The van der Waals surface area contributed by atoms with Gasteiger partial charge in [0.2, 0.25) is 5.91 Å². The summed E-state index contributed by atoms with van der Waals surface area (Å²) in [6.45, 7) is 2.82. The van der Waals surface area contributed by atoms with E-state index in [1.54, 1.807) is 11.3 Å². The van der Waals surface area contributed by atoms with Gasteiger partial charge in [-0.25, -0.2) is 4.98 Å². The van der Waals surface area contributed by atoms with Gasteiger partial charge in [-0.3, -0.25) is 4.79 Å². The molecule has 1 aromatic heterocycles. The maximum atomic E-state index is 11.9. The summed E-state index contributed by atoms with van der Waals surface area (Å²) in [7, 11) is 0. The van der Waals surface area contributed by atoms with Crippen LogP contribution in [0, 0.1) is 6.92 Å². The fraction of sp³-hybridized carbons (Fsp3) is 0.333. The van der Waals surface area contributed by atoms with E-state index in [1.165, 1.54) is 11.8 Å². The van der Waals surface area contributed by atoms with E-state index in [4.69, 9.17) is 9.47 Å². The summed E-state index contributed by atoms with van der Waals surface area (Å²) in [5, 5.41) is 4.85. The van der Waals surface area contributed by atoms with Crippen LogP contribution < -0.4 is 14.8 Å². The van der Waals surface area contributed by atoms with Gasteiger partial charge in [0.05, 0.1) is 12.3 Å². The second kappa shape index (κ2) is 7.02. The van der Waals surface area contributed by atoms with Crippen LogP contribution in [-0.4, -0.2) is 35.9 Å². The summed E-state index contributed by atoms with van der Waals surface area (Å²) >= 11 is 3.00. The number of nitrogens with zero attached hydrogens (tertiary/aromatic N) is 1. The number of fused-ring (bicyclic) bond motifs is 1. The topological polar surface area (TPSA) is 60.5 Å². The van der Waals surface area contributed by atoms with Crippen molar-refractivity contribution in [3.05, 3.63) is 35.3 Å². The number of hydrogen-bond acceptors (Lipinski definition) is 6. The Bertz CT molecular complexity index is 660. The first kappa shape index (κ1) is 15.2. The molecule has 1 amide bonds. The molecular weight excluding hydrogens is 320 g/mol. The zero-order chi connectivity index (χ0) is 15.4. The highest BCUT2D eigenvalue weighted by Crippen LogP contribution is 2.30. The first-order valence-electron chi connectivity index (χ1n) is 6.91. The third-order valence-electron chi connectivity index (χ3n) is 3.02. The molecule has 0 bridgehead atoms. The van der Waals surface area contributed by atoms with E-state index in [2.05, 4.69) is 10.3 Å². The lowest BCUT2D eigenvalue weighted by atomic mass is 10.2. The van der Waals surface area contributed by atoms with Gasteiger partial charge in [-0.05, 0) is 19.1 Å². The molecule has 5 nitrogen and oxygen atoms in total. The summed E-state index contributed by atoms with van der Waals surface area (Å²) in [4.78, 5) is 16.2. The van der Waals surface area contributed by atoms with E-state index in [-0.39, 0.29) is 12.0 Å². The number of aryl methyl sites for hydroxylation is 1. The van der Waals surface area contributed by atoms with Crippen molar-refractivity contribution in [3.8, 4) is 11.5 Å². The largest absolute Gasteiger partial charge is 0.486 e. The van der Waals surface area contributed by atoms with Gasteiger partial charge >= 0.3 is 0 Å². The van der Waals surface area contributed by atoms with Gasteiger partial charge in [0.1, 0.15) is 12.7 Å². The normalized spacial score (nSPS) is 16.3. The number of thiazole rings is 1. The minimum absolute atomic E-state index is 0.0275. The minimum atomic E-state index is -0.161. The second-order valence-electron chi connectivity index (χ2n) is 4.85. The first-order valence-corrected chi connectivity index (χ1v) is 8.77. The Morgan fingerprint density at radius 1 is 1.45 bits per heavy atom. The molecule has 0 fully saturated rings. The monoisotopic (exact) mass is 336 g/mol. The Kier molecular flexibility index (Phi) is 4.84. The average molecular weight is 336 g/mol. The van der Waals surface area contributed by atoms with Gasteiger partial charge in [-0.1, -0.05) is 23.9 Å². The molecule has 22 heavy (non-hydrogen) atoms. The van der Waals surface area contributed by atoms with Gasteiger partial charge in [0.15, 0.2) is 15.8 Å². The number of rotatable bonds is 5. The predicted octanol–water partition coefficient (Wildman–Crippen LogP) is 2.50. The summed E-state index contributed by atoms with van der Waals surface area (Å²) in [5.74, 6) is 1.80. The number of nitrogens with one attached hydrogen (secondary N) is 1. The molecule has 0 radical (unpaired) electrons. The molecule has 7 heteroatoms. The predicted molar refractivity (Wildman–Crippen MR) is 86.9 cm³/mol. The third kappa shape index (κ3) is 3.92. The summed E-state index contributed by atoms with van der Waals surface area (Å²) in [6, 6.07) is 7.54. The van der Waals surface area contributed by atoms with Crippen molar-refractivity contribution in [2.75, 3.05) is 18.9 Å². The van der Waals surface area contributed by atoms with Crippen LogP contribution in [0.2, 0.25) is 0 Å². The number of para-hydroxylation sites is 2. The molecule has 0 aliphatic carbocycles. The van der Waals surface area contributed by atoms with E-state index in [0.717, 1.165) is 21.5 Å². The quantitative estimate of drug-likeness (QED) is 0.850. The minimum Gasteiger partial charge on any atom is -0.486 e. The van der Waals surface area contributed by atoms with Crippen LogP contribution in [0.4, 0.5) is 0 Å². The van der Waals surface area contributed by atoms with E-state index < -0.39 is 0 Å². The number of thioether (sulfide) groups is 1. The van der Waals surface area contributed by atoms with Gasteiger partial charge in [0, 0.05) is 11.1 Å². The molecule has 1 aliphatic rings. The zero-order valence-electron chi connectivity index (χ0n) is 12.1. The standard InChI is InChI=1S/C15H16N2O3S2/c1-10-8-21-15(17-10)22-9-14(18)16-6-11-7-19-12-4-2-3-5-13(12)20-11/h2-5,8,11H,6-7,9H2,1H3,(H,16,18)/t11-/m0/s1. The van der Waals surface area contributed by atoms with Crippen molar-refractivity contribution in [1.82, 2.24) is 10.3 Å². The highest BCUT2D eigenvalue weighted by Gasteiger charge is 2.21. The molecule has 0 saturated heterocycles. The SMILES string of the molecule is Cc1csc(SCC(=O)NC[C@H]2COc3ccccc3O2)n1. The number of benzene rings is 1. The third-order valence-corrected chi connectivity index (χ3v) is 5.16. The average Bonchev–Trinajstić information content (AvgIpc) is 2.96.